The second kappa shape index (κ2) is 10.5. The number of halogens is 3. The zero-order valence-electron chi connectivity index (χ0n) is 16.3. The Hall–Kier alpha value is -2.30. The van der Waals surface area contributed by atoms with Gasteiger partial charge in [0.1, 0.15) is 12.0 Å². The Bertz CT molecular complexity index is 1020. The molecule has 1 amide bonds. The van der Waals surface area contributed by atoms with Crippen LogP contribution in [0.2, 0.25) is 0 Å². The molecule has 9 heteroatoms. The Kier molecular flexibility index (Phi) is 8.30. The lowest BCUT2D eigenvalue weighted by atomic mass is 10.1. The molecule has 2 aromatic rings. The molecule has 29 heavy (non-hydrogen) atoms. The minimum atomic E-state index is -1.12. The summed E-state index contributed by atoms with van der Waals surface area (Å²) in [7, 11) is 1.72. The molecular weight excluding hydrogens is 493 g/mol. The van der Waals surface area contributed by atoms with Crippen molar-refractivity contribution >= 4 is 39.4 Å². The van der Waals surface area contributed by atoms with E-state index in [-0.39, 0.29) is 37.4 Å². The van der Waals surface area contributed by atoms with Crippen molar-refractivity contribution in [3.63, 3.8) is 0 Å². The monoisotopic (exact) mass is 516 g/mol. The second-order valence-electron chi connectivity index (χ2n) is 6.58. The number of aromatic nitrogens is 3. The number of carbonyl (C=O) groups excluding carboxylic acids is 1. The van der Waals surface area contributed by atoms with E-state index in [0.29, 0.717) is 20.2 Å². The van der Waals surface area contributed by atoms with Gasteiger partial charge in [0.2, 0.25) is 5.91 Å². The molecule has 2 heterocycles. The molecule has 0 radical (unpaired) electrons. The number of nitrogens with one attached hydrogen (secondary N) is 1. The number of allylic oxidation sites excluding steroid dienone is 4. The van der Waals surface area contributed by atoms with Gasteiger partial charge < -0.3 is 9.88 Å². The second-order valence-corrected chi connectivity index (χ2v) is 7.82. The lowest BCUT2D eigenvalue weighted by Gasteiger charge is -2.14. The number of hydrogen-bond acceptors (Lipinski definition) is 3. The summed E-state index contributed by atoms with van der Waals surface area (Å²) in [5, 5.41) is 7.22. The Morgan fingerprint density at radius 2 is 2.21 bits per heavy atom. The molecule has 0 fully saturated rings. The van der Waals surface area contributed by atoms with E-state index in [1.807, 2.05) is 22.6 Å². The van der Waals surface area contributed by atoms with Gasteiger partial charge in [0.05, 0.1) is 17.1 Å². The van der Waals surface area contributed by atoms with E-state index >= 15 is 0 Å². The summed E-state index contributed by atoms with van der Waals surface area (Å²) >= 11 is 1.95. The molecule has 1 atom stereocenters. The number of pyridine rings is 1. The van der Waals surface area contributed by atoms with Gasteiger partial charge in [0.15, 0.2) is 0 Å². The number of rotatable bonds is 9. The molecule has 156 valence electrons. The molecule has 2 rings (SSSR count). The fraction of sp³-hybridized carbons (Fsp3) is 0.350. The Labute approximate surface area is 181 Å². The summed E-state index contributed by atoms with van der Waals surface area (Å²) in [5.41, 5.74) is 0.875. The summed E-state index contributed by atoms with van der Waals surface area (Å²) in [6, 6.07) is 1.74. The lowest BCUT2D eigenvalue weighted by molar-refractivity contribution is -0.121. The average Bonchev–Trinajstić information content (AvgIpc) is 2.98. The third-order valence-electron chi connectivity index (χ3n) is 4.15. The highest BCUT2D eigenvalue weighted by Gasteiger charge is 2.15. The Morgan fingerprint density at radius 3 is 2.86 bits per heavy atom. The predicted octanol–water partition coefficient (Wildman–Crippen LogP) is 3.50. The SMILES string of the molecule is C=C(F)/C=C(I)\C=C/CNC(=O)CCn1c(C[C@H](C)F)cc2c(cnn2C)c1=O. The number of hydrogen-bond donors (Lipinski definition) is 1. The highest BCUT2D eigenvalue weighted by molar-refractivity contribution is 14.1. The van der Waals surface area contributed by atoms with Crippen molar-refractivity contribution in [2.75, 3.05) is 6.54 Å². The molecule has 6 nitrogen and oxygen atoms in total. The van der Waals surface area contributed by atoms with Gasteiger partial charge in [-0.3, -0.25) is 14.3 Å². The van der Waals surface area contributed by atoms with Gasteiger partial charge in [-0.2, -0.15) is 5.10 Å². The fourth-order valence-corrected chi connectivity index (χ4v) is 3.43. The van der Waals surface area contributed by atoms with E-state index < -0.39 is 12.0 Å². The first-order chi connectivity index (χ1) is 13.7. The number of carbonyl (C=O) groups is 1. The van der Waals surface area contributed by atoms with Crippen molar-refractivity contribution in [1.82, 2.24) is 19.7 Å². The number of aryl methyl sites for hydroxylation is 1. The number of fused-ring (bicyclic) bond motifs is 1. The van der Waals surface area contributed by atoms with E-state index in [9.17, 15) is 18.4 Å². The maximum atomic E-state index is 13.6. The molecule has 0 saturated carbocycles. The first-order valence-electron chi connectivity index (χ1n) is 9.02. The van der Waals surface area contributed by atoms with Crippen LogP contribution in [-0.2, 0) is 24.8 Å². The summed E-state index contributed by atoms with van der Waals surface area (Å²) in [4.78, 5) is 24.9. The largest absolute Gasteiger partial charge is 0.353 e. The molecule has 0 aliphatic heterocycles. The molecule has 0 bridgehead atoms. The molecule has 0 aromatic carbocycles. The van der Waals surface area contributed by atoms with Crippen molar-refractivity contribution in [3.8, 4) is 0 Å². The van der Waals surface area contributed by atoms with E-state index in [1.165, 1.54) is 23.8 Å². The molecule has 1 N–H and O–H groups in total. The van der Waals surface area contributed by atoms with Crippen LogP contribution >= 0.6 is 22.6 Å². The average molecular weight is 516 g/mol. The van der Waals surface area contributed by atoms with Gasteiger partial charge in [-0.05, 0) is 41.7 Å². The van der Waals surface area contributed by atoms with Crippen LogP contribution in [-0.4, -0.2) is 33.0 Å². The topological polar surface area (TPSA) is 68.9 Å². The highest BCUT2D eigenvalue weighted by Crippen LogP contribution is 2.14. The van der Waals surface area contributed by atoms with Gasteiger partial charge in [-0.1, -0.05) is 18.7 Å². The normalized spacial score (nSPS) is 13.2. The minimum absolute atomic E-state index is 0.0708. The molecular formula is C20H23F2IN4O2. The summed E-state index contributed by atoms with van der Waals surface area (Å²) in [6.45, 7) is 4.98. The van der Waals surface area contributed by atoms with Crippen LogP contribution in [0.4, 0.5) is 8.78 Å². The maximum absolute atomic E-state index is 13.6. The fourth-order valence-electron chi connectivity index (χ4n) is 2.84. The van der Waals surface area contributed by atoms with Crippen LogP contribution in [0.15, 0.2) is 51.3 Å². The molecule has 2 aromatic heterocycles. The van der Waals surface area contributed by atoms with E-state index in [4.69, 9.17) is 0 Å². The van der Waals surface area contributed by atoms with Crippen LogP contribution in [0.25, 0.3) is 10.9 Å². The van der Waals surface area contributed by atoms with E-state index in [1.54, 1.807) is 29.9 Å². The van der Waals surface area contributed by atoms with Crippen molar-refractivity contribution in [1.29, 1.82) is 0 Å². The van der Waals surface area contributed by atoms with Crippen molar-refractivity contribution < 1.29 is 13.6 Å². The Morgan fingerprint density at radius 1 is 1.48 bits per heavy atom. The van der Waals surface area contributed by atoms with Crippen molar-refractivity contribution in [2.45, 2.75) is 32.5 Å². The van der Waals surface area contributed by atoms with Crippen LogP contribution in [0, 0.1) is 0 Å². The van der Waals surface area contributed by atoms with Gasteiger partial charge in [-0.15, -0.1) is 0 Å². The summed E-state index contributed by atoms with van der Waals surface area (Å²) in [6.07, 6.45) is 5.11. The molecule has 0 unspecified atom stereocenters. The highest BCUT2D eigenvalue weighted by atomic mass is 127. The van der Waals surface area contributed by atoms with Crippen molar-refractivity contribution in [3.05, 3.63) is 62.5 Å². The quantitative estimate of drug-likeness (QED) is 0.410. The molecule has 0 spiro atoms. The molecule has 0 aliphatic carbocycles. The van der Waals surface area contributed by atoms with Gasteiger partial charge in [0.25, 0.3) is 5.56 Å². The summed E-state index contributed by atoms with van der Waals surface area (Å²) in [5.74, 6) is -0.793. The van der Waals surface area contributed by atoms with Crippen LogP contribution in [0.3, 0.4) is 0 Å². The Balaban J connectivity index is 2.06. The van der Waals surface area contributed by atoms with Crippen molar-refractivity contribution in [2.24, 2.45) is 7.05 Å². The number of amides is 1. The smallest absolute Gasteiger partial charge is 0.261 e. The predicted molar refractivity (Wildman–Crippen MR) is 118 cm³/mol. The maximum Gasteiger partial charge on any atom is 0.261 e. The summed E-state index contributed by atoms with van der Waals surface area (Å²) < 4.78 is 29.9. The van der Waals surface area contributed by atoms with Gasteiger partial charge >= 0.3 is 0 Å². The zero-order valence-corrected chi connectivity index (χ0v) is 18.4. The minimum Gasteiger partial charge on any atom is -0.353 e. The number of nitrogens with zero attached hydrogens (tertiary/aromatic N) is 3. The van der Waals surface area contributed by atoms with Crippen LogP contribution in [0.5, 0.6) is 0 Å². The zero-order chi connectivity index (χ0) is 21.6. The van der Waals surface area contributed by atoms with Gasteiger partial charge in [0, 0.05) is 42.3 Å². The van der Waals surface area contributed by atoms with Crippen LogP contribution < -0.4 is 10.9 Å². The standard InChI is InChI=1S/C20H23F2IN4O2/c1-13(21)9-15(23)5-4-7-24-19(28)6-8-27-16(10-14(2)22)11-18-17(20(27)29)12-25-26(18)3/h4-5,9,11-12,14H,1,6-8,10H2,2-3H3,(H,24,28)/b5-4-,15-9+/t14-/m0/s1. The first kappa shape index (κ1) is 23.0. The first-order valence-corrected chi connectivity index (χ1v) is 10.1. The third kappa shape index (κ3) is 6.62. The van der Waals surface area contributed by atoms with Crippen LogP contribution in [0.1, 0.15) is 19.0 Å². The number of alkyl halides is 1. The van der Waals surface area contributed by atoms with E-state index in [0.717, 1.165) is 0 Å². The lowest BCUT2D eigenvalue weighted by Crippen LogP contribution is -2.29. The molecule has 0 aliphatic rings. The van der Waals surface area contributed by atoms with E-state index in [2.05, 4.69) is 17.0 Å². The third-order valence-corrected chi connectivity index (χ3v) is 4.82. The van der Waals surface area contributed by atoms with Gasteiger partial charge in [-0.25, -0.2) is 8.78 Å². The molecule has 0 saturated heterocycles.